The van der Waals surface area contributed by atoms with E-state index in [1.807, 2.05) is 31.2 Å². The van der Waals surface area contributed by atoms with E-state index in [9.17, 15) is 4.79 Å². The first-order valence-electron chi connectivity index (χ1n) is 5.71. The van der Waals surface area contributed by atoms with Crippen molar-refractivity contribution < 1.29 is 4.79 Å². The highest BCUT2D eigenvalue weighted by molar-refractivity contribution is 6.03. The molecule has 1 aromatic heterocycles. The van der Waals surface area contributed by atoms with Gasteiger partial charge < -0.3 is 15.6 Å². The van der Waals surface area contributed by atoms with E-state index >= 15 is 0 Å². The van der Waals surface area contributed by atoms with E-state index in [1.165, 1.54) is 6.20 Å². The molecule has 1 amide bonds. The monoisotopic (exact) mass is 244 g/mol. The molecule has 0 bridgehead atoms. The summed E-state index contributed by atoms with van der Waals surface area (Å²) < 4.78 is 1.67. The van der Waals surface area contributed by atoms with E-state index in [0.29, 0.717) is 5.69 Å². The molecule has 0 radical (unpaired) electrons. The minimum atomic E-state index is -0.192. The normalized spacial score (nSPS) is 12.2. The Bertz CT molecular complexity index is 560. The standard InChI is InChI=1S/C13H16N4O/c1-9(14)10-5-3-4-6-11(10)16-13(18)12-7-15-8-17(12)2/h3-9H,14H2,1-2H3,(H,16,18). The van der Waals surface area contributed by atoms with Crippen LogP contribution in [0.3, 0.4) is 0 Å². The van der Waals surface area contributed by atoms with Crippen LogP contribution in [0.1, 0.15) is 29.0 Å². The molecule has 0 saturated heterocycles. The number of hydrogen-bond acceptors (Lipinski definition) is 3. The Balaban J connectivity index is 2.25. The summed E-state index contributed by atoms with van der Waals surface area (Å²) >= 11 is 0. The molecule has 3 N–H and O–H groups in total. The summed E-state index contributed by atoms with van der Waals surface area (Å²) in [5.74, 6) is -0.192. The maximum atomic E-state index is 12.1. The smallest absolute Gasteiger partial charge is 0.273 e. The minimum absolute atomic E-state index is 0.131. The van der Waals surface area contributed by atoms with Gasteiger partial charge in [-0.2, -0.15) is 0 Å². The number of benzene rings is 1. The molecular formula is C13H16N4O. The van der Waals surface area contributed by atoms with Gasteiger partial charge in [0.15, 0.2) is 0 Å². The van der Waals surface area contributed by atoms with Crippen LogP contribution >= 0.6 is 0 Å². The van der Waals surface area contributed by atoms with Crippen LogP contribution < -0.4 is 11.1 Å². The third-order valence-corrected chi connectivity index (χ3v) is 2.75. The molecule has 0 saturated carbocycles. The number of aromatic nitrogens is 2. The first-order chi connectivity index (χ1) is 8.59. The molecule has 1 atom stereocenters. The second kappa shape index (κ2) is 5.01. The summed E-state index contributed by atoms with van der Waals surface area (Å²) in [7, 11) is 1.78. The SMILES string of the molecule is CC(N)c1ccccc1NC(=O)c1cncn1C. The molecule has 18 heavy (non-hydrogen) atoms. The van der Waals surface area contributed by atoms with E-state index in [1.54, 1.807) is 17.9 Å². The van der Waals surface area contributed by atoms with Gasteiger partial charge in [-0.1, -0.05) is 18.2 Å². The van der Waals surface area contributed by atoms with Crippen LogP contribution in [0.2, 0.25) is 0 Å². The number of amides is 1. The lowest BCUT2D eigenvalue weighted by Gasteiger charge is -2.13. The molecule has 94 valence electrons. The van der Waals surface area contributed by atoms with Crippen LogP contribution in [-0.2, 0) is 7.05 Å². The van der Waals surface area contributed by atoms with E-state index in [0.717, 1.165) is 11.3 Å². The van der Waals surface area contributed by atoms with Crippen molar-refractivity contribution in [2.75, 3.05) is 5.32 Å². The second-order valence-corrected chi connectivity index (χ2v) is 4.22. The van der Waals surface area contributed by atoms with Gasteiger partial charge >= 0.3 is 0 Å². The number of para-hydroxylation sites is 1. The number of hydrogen-bond donors (Lipinski definition) is 2. The predicted octanol–water partition coefficient (Wildman–Crippen LogP) is 1.69. The number of carbonyl (C=O) groups excluding carboxylic acids is 1. The zero-order valence-corrected chi connectivity index (χ0v) is 10.4. The van der Waals surface area contributed by atoms with Gasteiger partial charge in [-0.25, -0.2) is 4.98 Å². The van der Waals surface area contributed by atoms with Crippen molar-refractivity contribution in [3.8, 4) is 0 Å². The predicted molar refractivity (Wildman–Crippen MR) is 70.2 cm³/mol. The first-order valence-corrected chi connectivity index (χ1v) is 5.71. The summed E-state index contributed by atoms with van der Waals surface area (Å²) in [6.45, 7) is 1.88. The van der Waals surface area contributed by atoms with Crippen molar-refractivity contribution in [1.29, 1.82) is 0 Å². The number of carbonyl (C=O) groups is 1. The van der Waals surface area contributed by atoms with Crippen molar-refractivity contribution in [3.63, 3.8) is 0 Å². The first kappa shape index (κ1) is 12.3. The Morgan fingerprint density at radius 1 is 1.44 bits per heavy atom. The van der Waals surface area contributed by atoms with Crippen molar-refractivity contribution in [2.45, 2.75) is 13.0 Å². The zero-order chi connectivity index (χ0) is 13.1. The summed E-state index contributed by atoms with van der Waals surface area (Å²) in [5, 5.41) is 2.86. The molecule has 0 aliphatic rings. The number of nitrogens with zero attached hydrogens (tertiary/aromatic N) is 2. The third kappa shape index (κ3) is 2.41. The van der Waals surface area contributed by atoms with Gasteiger partial charge in [0.05, 0.1) is 12.5 Å². The summed E-state index contributed by atoms with van der Waals surface area (Å²) in [5.41, 5.74) is 8.02. The van der Waals surface area contributed by atoms with Crippen LogP contribution in [0.5, 0.6) is 0 Å². The van der Waals surface area contributed by atoms with Gasteiger partial charge in [-0.15, -0.1) is 0 Å². The molecule has 5 nitrogen and oxygen atoms in total. The van der Waals surface area contributed by atoms with Crippen molar-refractivity contribution in [3.05, 3.63) is 48.0 Å². The molecule has 5 heteroatoms. The van der Waals surface area contributed by atoms with Gasteiger partial charge in [-0.05, 0) is 18.6 Å². The summed E-state index contributed by atoms with van der Waals surface area (Å²) in [4.78, 5) is 16.0. The Kier molecular flexibility index (Phi) is 3.43. The summed E-state index contributed by atoms with van der Waals surface area (Å²) in [6.07, 6.45) is 3.12. The van der Waals surface area contributed by atoms with E-state index in [-0.39, 0.29) is 11.9 Å². The molecule has 0 spiro atoms. The number of rotatable bonds is 3. The lowest BCUT2D eigenvalue weighted by Crippen LogP contribution is -2.18. The fourth-order valence-corrected chi connectivity index (χ4v) is 1.77. The Hall–Kier alpha value is -2.14. The lowest BCUT2D eigenvalue weighted by molar-refractivity contribution is 0.101. The maximum Gasteiger partial charge on any atom is 0.273 e. The molecule has 0 aliphatic heterocycles. The van der Waals surface area contributed by atoms with E-state index < -0.39 is 0 Å². The third-order valence-electron chi connectivity index (χ3n) is 2.75. The highest BCUT2D eigenvalue weighted by Crippen LogP contribution is 2.21. The number of aryl methyl sites for hydroxylation is 1. The lowest BCUT2D eigenvalue weighted by atomic mass is 10.1. The fourth-order valence-electron chi connectivity index (χ4n) is 1.77. The second-order valence-electron chi connectivity index (χ2n) is 4.22. The molecule has 2 rings (SSSR count). The minimum Gasteiger partial charge on any atom is -0.330 e. The average Bonchev–Trinajstić information content (AvgIpc) is 2.76. The van der Waals surface area contributed by atoms with Gasteiger partial charge in [0, 0.05) is 18.8 Å². The number of imidazole rings is 1. The van der Waals surface area contributed by atoms with Gasteiger partial charge in [-0.3, -0.25) is 4.79 Å². The number of nitrogens with two attached hydrogens (primary N) is 1. The summed E-state index contributed by atoms with van der Waals surface area (Å²) in [6, 6.07) is 7.38. The van der Waals surface area contributed by atoms with Gasteiger partial charge in [0.25, 0.3) is 5.91 Å². The van der Waals surface area contributed by atoms with Crippen LogP contribution in [0, 0.1) is 0 Å². The highest BCUT2D eigenvalue weighted by Gasteiger charge is 2.13. The Morgan fingerprint density at radius 3 is 2.78 bits per heavy atom. The maximum absolute atomic E-state index is 12.1. The van der Waals surface area contributed by atoms with Crippen molar-refractivity contribution in [1.82, 2.24) is 9.55 Å². The van der Waals surface area contributed by atoms with Crippen molar-refractivity contribution >= 4 is 11.6 Å². The van der Waals surface area contributed by atoms with Crippen molar-refractivity contribution in [2.24, 2.45) is 12.8 Å². The van der Waals surface area contributed by atoms with Crippen LogP contribution in [0.15, 0.2) is 36.8 Å². The van der Waals surface area contributed by atoms with Crippen LogP contribution in [0.4, 0.5) is 5.69 Å². The van der Waals surface area contributed by atoms with E-state index in [2.05, 4.69) is 10.3 Å². The highest BCUT2D eigenvalue weighted by atomic mass is 16.2. The molecule has 1 unspecified atom stereocenters. The molecule has 1 heterocycles. The molecule has 0 fully saturated rings. The fraction of sp³-hybridized carbons (Fsp3) is 0.231. The van der Waals surface area contributed by atoms with Gasteiger partial charge in [0.2, 0.25) is 0 Å². The van der Waals surface area contributed by atoms with Crippen LogP contribution in [-0.4, -0.2) is 15.5 Å². The quantitative estimate of drug-likeness (QED) is 0.863. The zero-order valence-electron chi connectivity index (χ0n) is 10.4. The average molecular weight is 244 g/mol. The molecular weight excluding hydrogens is 228 g/mol. The number of nitrogens with one attached hydrogen (secondary N) is 1. The topological polar surface area (TPSA) is 72.9 Å². The Labute approximate surface area is 106 Å². The van der Waals surface area contributed by atoms with E-state index in [4.69, 9.17) is 5.73 Å². The molecule has 2 aromatic rings. The van der Waals surface area contributed by atoms with Crippen LogP contribution in [0.25, 0.3) is 0 Å². The van der Waals surface area contributed by atoms with Gasteiger partial charge in [0.1, 0.15) is 5.69 Å². The largest absolute Gasteiger partial charge is 0.330 e. The Morgan fingerprint density at radius 2 is 2.17 bits per heavy atom. The molecule has 1 aromatic carbocycles. The molecule has 0 aliphatic carbocycles. The number of anilines is 1.